The van der Waals surface area contributed by atoms with Crippen molar-refractivity contribution in [2.45, 2.75) is 33.7 Å². The van der Waals surface area contributed by atoms with Crippen LogP contribution in [-0.4, -0.2) is 35.8 Å². The van der Waals surface area contributed by atoms with Gasteiger partial charge in [0, 0.05) is 18.8 Å². The molecular formula is C13H21N5O2S. The molecule has 0 aliphatic heterocycles. The molecule has 8 heteroatoms. The second-order valence-electron chi connectivity index (χ2n) is 5.24. The van der Waals surface area contributed by atoms with Crippen LogP contribution in [0.25, 0.3) is 11.0 Å². The number of pyridine rings is 1. The van der Waals surface area contributed by atoms with Gasteiger partial charge in [0.2, 0.25) is 10.0 Å². The third-order valence-corrected chi connectivity index (χ3v) is 4.24. The smallest absolute Gasteiger partial charge is 0.208 e. The number of sulfonamides is 1. The molecule has 0 aliphatic rings. The van der Waals surface area contributed by atoms with E-state index in [1.54, 1.807) is 0 Å². The Balaban J connectivity index is 2.30. The second kappa shape index (κ2) is 5.61. The molecule has 0 radical (unpaired) electrons. The first-order chi connectivity index (χ1) is 9.70. The molecule has 2 aromatic rings. The number of nitrogens with one attached hydrogen (secondary N) is 1. The number of nitrogen functional groups attached to an aromatic ring is 1. The average molecular weight is 311 g/mol. The van der Waals surface area contributed by atoms with Gasteiger partial charge in [0.05, 0.1) is 11.8 Å². The molecule has 0 fully saturated rings. The molecule has 3 N–H and O–H groups in total. The summed E-state index contributed by atoms with van der Waals surface area (Å²) < 4.78 is 26.7. The largest absolute Gasteiger partial charge is 0.382 e. The number of imidazole rings is 1. The number of aryl methyl sites for hydroxylation is 4. The first kappa shape index (κ1) is 15.7. The van der Waals surface area contributed by atoms with E-state index in [4.69, 9.17) is 5.73 Å². The minimum atomic E-state index is -3.14. The molecule has 2 aromatic heterocycles. The summed E-state index contributed by atoms with van der Waals surface area (Å²) in [6.45, 7) is 6.91. The van der Waals surface area contributed by atoms with Gasteiger partial charge in [0.25, 0.3) is 0 Å². The highest BCUT2D eigenvalue weighted by Gasteiger charge is 2.15. The quantitative estimate of drug-likeness (QED) is 0.798. The molecule has 0 aromatic carbocycles. The summed E-state index contributed by atoms with van der Waals surface area (Å²) in [6.07, 6.45) is 1.84. The van der Waals surface area contributed by atoms with E-state index in [1.165, 1.54) is 0 Å². The zero-order valence-electron chi connectivity index (χ0n) is 12.8. The van der Waals surface area contributed by atoms with Crippen molar-refractivity contribution in [1.82, 2.24) is 19.3 Å². The van der Waals surface area contributed by atoms with E-state index in [0.29, 0.717) is 30.8 Å². The summed E-state index contributed by atoms with van der Waals surface area (Å²) in [5.74, 6) is 1.29. The number of hydrogen-bond acceptors (Lipinski definition) is 5. The van der Waals surface area contributed by atoms with Crippen LogP contribution in [0.2, 0.25) is 0 Å². The van der Waals surface area contributed by atoms with E-state index in [9.17, 15) is 8.42 Å². The van der Waals surface area contributed by atoms with Gasteiger partial charge in [-0.15, -0.1) is 0 Å². The number of hydrogen-bond donors (Lipinski definition) is 2. The van der Waals surface area contributed by atoms with E-state index >= 15 is 0 Å². The standard InChI is InChI=1S/C13H21N5O2S/c1-8-9(2)16-13(14)11-12(8)18(10(3)17-11)7-5-6-15-21(4,19)20/h15H,5-7H2,1-4H3,(H2,14,16). The molecule has 0 aliphatic carbocycles. The number of nitrogens with two attached hydrogens (primary N) is 1. The van der Waals surface area contributed by atoms with Gasteiger partial charge in [-0.2, -0.15) is 0 Å². The maximum Gasteiger partial charge on any atom is 0.208 e. The molecule has 0 bridgehead atoms. The molecule has 0 saturated carbocycles. The normalized spacial score (nSPS) is 12.2. The van der Waals surface area contributed by atoms with Gasteiger partial charge >= 0.3 is 0 Å². The highest BCUT2D eigenvalue weighted by molar-refractivity contribution is 7.88. The topological polar surface area (TPSA) is 103 Å². The van der Waals surface area contributed by atoms with Crippen molar-refractivity contribution in [2.75, 3.05) is 18.5 Å². The lowest BCUT2D eigenvalue weighted by atomic mass is 10.2. The molecule has 0 atom stereocenters. The fraction of sp³-hybridized carbons (Fsp3) is 0.538. The van der Waals surface area contributed by atoms with Gasteiger partial charge in [-0.3, -0.25) is 0 Å². The van der Waals surface area contributed by atoms with Crippen molar-refractivity contribution in [2.24, 2.45) is 0 Å². The van der Waals surface area contributed by atoms with Crippen LogP contribution in [0.15, 0.2) is 0 Å². The van der Waals surface area contributed by atoms with Crippen LogP contribution in [0, 0.1) is 20.8 Å². The van der Waals surface area contributed by atoms with Crippen LogP contribution in [-0.2, 0) is 16.6 Å². The Morgan fingerprint density at radius 2 is 1.90 bits per heavy atom. The molecule has 0 amide bonds. The van der Waals surface area contributed by atoms with Crippen LogP contribution < -0.4 is 10.5 Å². The summed E-state index contributed by atoms with van der Waals surface area (Å²) in [4.78, 5) is 8.77. The maximum absolute atomic E-state index is 11.1. The number of anilines is 1. The molecule has 0 saturated heterocycles. The Morgan fingerprint density at radius 3 is 2.52 bits per heavy atom. The van der Waals surface area contributed by atoms with Crippen LogP contribution in [0.1, 0.15) is 23.5 Å². The number of aromatic nitrogens is 3. The monoisotopic (exact) mass is 311 g/mol. The Hall–Kier alpha value is -1.67. The number of fused-ring (bicyclic) bond motifs is 1. The Bertz CT molecular complexity index is 780. The Kier molecular flexibility index (Phi) is 4.20. The molecule has 21 heavy (non-hydrogen) atoms. The predicted molar refractivity (Wildman–Crippen MR) is 83.6 cm³/mol. The average Bonchev–Trinajstić information content (AvgIpc) is 2.69. The van der Waals surface area contributed by atoms with Gasteiger partial charge in [-0.1, -0.05) is 0 Å². The van der Waals surface area contributed by atoms with Crippen LogP contribution in [0.5, 0.6) is 0 Å². The van der Waals surface area contributed by atoms with Gasteiger partial charge in [-0.25, -0.2) is 23.1 Å². The summed E-state index contributed by atoms with van der Waals surface area (Å²) in [7, 11) is -3.14. The molecule has 2 rings (SSSR count). The van der Waals surface area contributed by atoms with Gasteiger partial charge in [0.15, 0.2) is 5.82 Å². The number of nitrogens with zero attached hydrogens (tertiary/aromatic N) is 3. The van der Waals surface area contributed by atoms with Crippen molar-refractivity contribution in [3.63, 3.8) is 0 Å². The summed E-state index contributed by atoms with van der Waals surface area (Å²) >= 11 is 0. The van der Waals surface area contributed by atoms with E-state index in [0.717, 1.165) is 28.9 Å². The highest BCUT2D eigenvalue weighted by atomic mass is 32.2. The van der Waals surface area contributed by atoms with Crippen LogP contribution in [0.4, 0.5) is 5.82 Å². The minimum Gasteiger partial charge on any atom is -0.382 e. The van der Waals surface area contributed by atoms with E-state index in [-0.39, 0.29) is 0 Å². The van der Waals surface area contributed by atoms with Gasteiger partial charge < -0.3 is 10.3 Å². The van der Waals surface area contributed by atoms with E-state index in [1.807, 2.05) is 20.8 Å². The summed E-state index contributed by atoms with van der Waals surface area (Å²) in [5.41, 5.74) is 9.58. The van der Waals surface area contributed by atoms with Crippen molar-refractivity contribution in [3.05, 3.63) is 17.1 Å². The zero-order valence-corrected chi connectivity index (χ0v) is 13.6. The maximum atomic E-state index is 11.1. The van der Waals surface area contributed by atoms with Gasteiger partial charge in [-0.05, 0) is 32.8 Å². The SMILES string of the molecule is Cc1nc(N)c2nc(C)n(CCCNS(C)(=O)=O)c2c1C. The summed E-state index contributed by atoms with van der Waals surface area (Å²) in [5, 5.41) is 0. The second-order valence-corrected chi connectivity index (χ2v) is 7.07. The molecule has 116 valence electrons. The molecule has 7 nitrogen and oxygen atoms in total. The van der Waals surface area contributed by atoms with Crippen LogP contribution >= 0.6 is 0 Å². The number of rotatable bonds is 5. The van der Waals surface area contributed by atoms with Crippen molar-refractivity contribution >= 4 is 26.9 Å². The third kappa shape index (κ3) is 3.33. The van der Waals surface area contributed by atoms with Crippen LogP contribution in [0.3, 0.4) is 0 Å². The fourth-order valence-electron chi connectivity index (χ4n) is 2.38. The minimum absolute atomic E-state index is 0.399. The first-order valence-corrected chi connectivity index (χ1v) is 8.64. The Labute approximate surface area is 124 Å². The predicted octanol–water partition coefficient (Wildman–Crippen LogP) is 0.878. The van der Waals surface area contributed by atoms with Crippen molar-refractivity contribution in [3.8, 4) is 0 Å². The lowest BCUT2D eigenvalue weighted by molar-refractivity contribution is 0.575. The Morgan fingerprint density at radius 1 is 1.24 bits per heavy atom. The van der Waals surface area contributed by atoms with E-state index in [2.05, 4.69) is 19.3 Å². The lowest BCUT2D eigenvalue weighted by Gasteiger charge is -2.10. The zero-order chi connectivity index (χ0) is 15.8. The molecule has 0 spiro atoms. The first-order valence-electron chi connectivity index (χ1n) is 6.75. The van der Waals surface area contributed by atoms with Crippen molar-refractivity contribution < 1.29 is 8.42 Å². The molecule has 2 heterocycles. The highest BCUT2D eigenvalue weighted by Crippen LogP contribution is 2.25. The molecular weight excluding hydrogens is 290 g/mol. The fourth-order valence-corrected chi connectivity index (χ4v) is 2.90. The summed E-state index contributed by atoms with van der Waals surface area (Å²) in [6, 6.07) is 0. The van der Waals surface area contributed by atoms with Crippen molar-refractivity contribution in [1.29, 1.82) is 0 Å². The van der Waals surface area contributed by atoms with E-state index < -0.39 is 10.0 Å². The lowest BCUT2D eigenvalue weighted by Crippen LogP contribution is -2.24. The third-order valence-electron chi connectivity index (χ3n) is 3.51. The molecule has 0 unspecified atom stereocenters. The van der Waals surface area contributed by atoms with Gasteiger partial charge in [0.1, 0.15) is 11.3 Å².